The highest BCUT2D eigenvalue weighted by Gasteiger charge is 2.10. The van der Waals surface area contributed by atoms with E-state index in [1.165, 1.54) is 12.5 Å². The van der Waals surface area contributed by atoms with Crippen LogP contribution in [-0.4, -0.2) is 26.0 Å². The molecule has 2 heterocycles. The maximum Gasteiger partial charge on any atom is 0.341 e. The molecule has 2 rings (SSSR count). The van der Waals surface area contributed by atoms with Crippen molar-refractivity contribution in [3.63, 3.8) is 0 Å². The number of aromatic carboxylic acids is 1. The van der Waals surface area contributed by atoms with E-state index >= 15 is 0 Å². The van der Waals surface area contributed by atoms with E-state index in [-0.39, 0.29) is 11.4 Å². The minimum atomic E-state index is -1.07. The summed E-state index contributed by atoms with van der Waals surface area (Å²) in [6, 6.07) is 3.43. The molecule has 6 nitrogen and oxygen atoms in total. The Bertz CT molecular complexity index is 501. The van der Waals surface area contributed by atoms with Gasteiger partial charge in [0, 0.05) is 24.3 Å². The first-order valence-electron chi connectivity index (χ1n) is 4.48. The maximum absolute atomic E-state index is 10.9. The second-order valence-electron chi connectivity index (χ2n) is 2.95. The highest BCUT2D eigenvalue weighted by atomic mass is 16.4. The third-order valence-electron chi connectivity index (χ3n) is 1.89. The summed E-state index contributed by atoms with van der Waals surface area (Å²) in [5, 5.41) is 11.8. The third kappa shape index (κ3) is 2.11. The fraction of sp³-hybridized carbons (Fsp3) is 0. The molecule has 0 radical (unpaired) electrons. The van der Waals surface area contributed by atoms with Gasteiger partial charge in [0.05, 0.1) is 0 Å². The molecule has 0 unspecified atom stereocenters. The molecule has 0 bridgehead atoms. The van der Waals surface area contributed by atoms with Crippen LogP contribution in [0.15, 0.2) is 37.1 Å². The number of hydrogen-bond donors (Lipinski definition) is 2. The number of nitrogens with zero attached hydrogens (tertiary/aromatic N) is 3. The minimum absolute atomic E-state index is 0.0271. The Morgan fingerprint density at radius 3 is 2.69 bits per heavy atom. The Balaban J connectivity index is 2.31. The van der Waals surface area contributed by atoms with Gasteiger partial charge in [-0.1, -0.05) is 0 Å². The molecule has 2 aromatic heterocycles. The lowest BCUT2D eigenvalue weighted by atomic mass is 10.3. The Kier molecular flexibility index (Phi) is 2.73. The predicted molar refractivity (Wildman–Crippen MR) is 56.5 cm³/mol. The van der Waals surface area contributed by atoms with Gasteiger partial charge in [-0.25, -0.2) is 14.8 Å². The molecular formula is C10H8N4O2. The zero-order valence-corrected chi connectivity index (χ0v) is 8.16. The molecule has 0 fully saturated rings. The number of aromatic nitrogens is 3. The van der Waals surface area contributed by atoms with E-state index < -0.39 is 5.97 Å². The molecule has 0 saturated heterocycles. The van der Waals surface area contributed by atoms with Gasteiger partial charge in [-0.05, 0) is 12.1 Å². The number of rotatable bonds is 3. The molecule has 0 aliphatic rings. The largest absolute Gasteiger partial charge is 0.477 e. The van der Waals surface area contributed by atoms with E-state index in [0.29, 0.717) is 0 Å². The summed E-state index contributed by atoms with van der Waals surface area (Å²) in [6.45, 7) is 0. The molecule has 0 atom stereocenters. The lowest BCUT2D eigenvalue weighted by Gasteiger charge is -2.06. The summed E-state index contributed by atoms with van der Waals surface area (Å²) in [7, 11) is 0. The van der Waals surface area contributed by atoms with Crippen LogP contribution < -0.4 is 5.32 Å². The number of carboxylic acids is 1. The van der Waals surface area contributed by atoms with E-state index in [1.807, 2.05) is 0 Å². The molecule has 6 heteroatoms. The van der Waals surface area contributed by atoms with Crippen LogP contribution in [0.1, 0.15) is 10.4 Å². The summed E-state index contributed by atoms with van der Waals surface area (Å²) in [5.41, 5.74) is 0.746. The average Bonchev–Trinajstić information content (AvgIpc) is 2.31. The third-order valence-corrected chi connectivity index (χ3v) is 1.89. The van der Waals surface area contributed by atoms with Crippen LogP contribution in [-0.2, 0) is 0 Å². The Morgan fingerprint density at radius 2 is 2.00 bits per heavy atom. The normalized spacial score (nSPS) is 9.75. The highest BCUT2D eigenvalue weighted by Crippen LogP contribution is 2.16. The van der Waals surface area contributed by atoms with Gasteiger partial charge in [0.15, 0.2) is 0 Å². The van der Waals surface area contributed by atoms with Crippen molar-refractivity contribution in [2.45, 2.75) is 0 Å². The van der Waals surface area contributed by atoms with E-state index in [2.05, 4.69) is 20.3 Å². The van der Waals surface area contributed by atoms with Gasteiger partial charge in [0.2, 0.25) is 0 Å². The van der Waals surface area contributed by atoms with Crippen LogP contribution in [0, 0.1) is 0 Å². The van der Waals surface area contributed by atoms with Crippen LogP contribution in [0.25, 0.3) is 0 Å². The summed E-state index contributed by atoms with van der Waals surface area (Å²) in [5.74, 6) is -0.814. The molecule has 0 amide bonds. The van der Waals surface area contributed by atoms with Gasteiger partial charge in [0.25, 0.3) is 0 Å². The van der Waals surface area contributed by atoms with Gasteiger partial charge in [-0.2, -0.15) is 0 Å². The topological polar surface area (TPSA) is 88.0 Å². The van der Waals surface area contributed by atoms with Gasteiger partial charge in [0.1, 0.15) is 17.7 Å². The summed E-state index contributed by atoms with van der Waals surface area (Å²) >= 11 is 0. The van der Waals surface area contributed by atoms with Crippen LogP contribution in [0.5, 0.6) is 0 Å². The quantitative estimate of drug-likeness (QED) is 0.804. The van der Waals surface area contributed by atoms with Crippen LogP contribution in [0.3, 0.4) is 0 Å². The summed E-state index contributed by atoms with van der Waals surface area (Å²) in [6.07, 6.45) is 5.74. The van der Waals surface area contributed by atoms with Crippen molar-refractivity contribution in [1.29, 1.82) is 0 Å². The number of anilines is 2. The first-order valence-corrected chi connectivity index (χ1v) is 4.48. The van der Waals surface area contributed by atoms with Crippen molar-refractivity contribution >= 4 is 17.5 Å². The lowest BCUT2D eigenvalue weighted by molar-refractivity contribution is 0.0697. The van der Waals surface area contributed by atoms with E-state index in [9.17, 15) is 4.79 Å². The van der Waals surface area contributed by atoms with Crippen molar-refractivity contribution < 1.29 is 9.90 Å². The van der Waals surface area contributed by atoms with Crippen molar-refractivity contribution in [2.75, 3.05) is 5.32 Å². The van der Waals surface area contributed by atoms with Crippen LogP contribution in [0.2, 0.25) is 0 Å². The van der Waals surface area contributed by atoms with Crippen LogP contribution >= 0.6 is 0 Å². The van der Waals surface area contributed by atoms with E-state index in [4.69, 9.17) is 5.11 Å². The van der Waals surface area contributed by atoms with Crippen LogP contribution in [0.4, 0.5) is 11.5 Å². The van der Waals surface area contributed by atoms with Crippen molar-refractivity contribution in [3.8, 4) is 0 Å². The van der Waals surface area contributed by atoms with Gasteiger partial charge >= 0.3 is 5.97 Å². The van der Waals surface area contributed by atoms with Gasteiger partial charge in [-0.3, -0.25) is 4.98 Å². The monoisotopic (exact) mass is 216 g/mol. The summed E-state index contributed by atoms with van der Waals surface area (Å²) < 4.78 is 0. The van der Waals surface area contributed by atoms with Crippen molar-refractivity contribution in [1.82, 2.24) is 15.0 Å². The Hall–Kier alpha value is -2.50. The van der Waals surface area contributed by atoms with Crippen molar-refractivity contribution in [2.24, 2.45) is 0 Å². The standard InChI is InChI=1S/C10H8N4O2/c15-10(16)8-5-12-6-13-9(8)14-7-1-3-11-4-2-7/h1-6H,(H,15,16)(H,11,12,13,14). The fourth-order valence-electron chi connectivity index (χ4n) is 1.16. The smallest absolute Gasteiger partial charge is 0.341 e. The molecular weight excluding hydrogens is 208 g/mol. The molecule has 0 aliphatic heterocycles. The maximum atomic E-state index is 10.9. The SMILES string of the molecule is O=C(O)c1cncnc1Nc1ccncc1. The second kappa shape index (κ2) is 4.35. The number of carboxylic acid groups (broad SMARTS) is 1. The number of carbonyl (C=O) groups is 1. The number of hydrogen-bond acceptors (Lipinski definition) is 5. The Morgan fingerprint density at radius 1 is 1.25 bits per heavy atom. The average molecular weight is 216 g/mol. The van der Waals surface area contributed by atoms with E-state index in [1.54, 1.807) is 24.5 Å². The Labute approximate surface area is 91.0 Å². The molecule has 0 aliphatic carbocycles. The first kappa shape index (κ1) is 10.0. The van der Waals surface area contributed by atoms with Crippen molar-refractivity contribution in [3.05, 3.63) is 42.6 Å². The summed E-state index contributed by atoms with van der Waals surface area (Å²) in [4.78, 5) is 22.3. The molecule has 80 valence electrons. The highest BCUT2D eigenvalue weighted by molar-refractivity contribution is 5.93. The van der Waals surface area contributed by atoms with E-state index in [0.717, 1.165) is 5.69 Å². The first-order chi connectivity index (χ1) is 7.77. The zero-order chi connectivity index (χ0) is 11.4. The number of pyridine rings is 1. The fourth-order valence-corrected chi connectivity index (χ4v) is 1.16. The number of nitrogens with one attached hydrogen (secondary N) is 1. The molecule has 0 spiro atoms. The van der Waals surface area contributed by atoms with Gasteiger partial charge in [-0.15, -0.1) is 0 Å². The lowest BCUT2D eigenvalue weighted by Crippen LogP contribution is -2.05. The predicted octanol–water partition coefficient (Wildman–Crippen LogP) is 1.31. The molecule has 2 aromatic rings. The minimum Gasteiger partial charge on any atom is -0.477 e. The second-order valence-corrected chi connectivity index (χ2v) is 2.95. The van der Waals surface area contributed by atoms with Gasteiger partial charge < -0.3 is 10.4 Å². The molecule has 2 N–H and O–H groups in total. The zero-order valence-electron chi connectivity index (χ0n) is 8.16. The molecule has 16 heavy (non-hydrogen) atoms. The molecule has 0 saturated carbocycles. The molecule has 0 aromatic carbocycles.